The predicted molar refractivity (Wildman–Crippen MR) is 59.9 cm³/mol. The van der Waals surface area contributed by atoms with Crippen molar-refractivity contribution in [3.63, 3.8) is 0 Å². The second kappa shape index (κ2) is 2.89. The first-order valence-electron chi connectivity index (χ1n) is 6.14. The van der Waals surface area contributed by atoms with Gasteiger partial charge in [0, 0.05) is 12.3 Å². The molecule has 3 rings (SSSR count). The number of hydrogen-bond acceptors (Lipinski definition) is 3. The van der Waals surface area contributed by atoms with Gasteiger partial charge < -0.3 is 14.9 Å². The fraction of sp³-hybridized carbons (Fsp3) is 0.846. The maximum absolute atomic E-state index is 10.7. The Morgan fingerprint density at radius 3 is 2.62 bits per heavy atom. The lowest BCUT2D eigenvalue weighted by Gasteiger charge is -2.49. The lowest BCUT2D eigenvalue weighted by Crippen LogP contribution is -2.59. The fourth-order valence-electron chi connectivity index (χ4n) is 3.92. The van der Waals surface area contributed by atoms with E-state index in [0.29, 0.717) is 12.8 Å². The van der Waals surface area contributed by atoms with Gasteiger partial charge in [-0.2, -0.15) is 0 Å². The van der Waals surface area contributed by atoms with Gasteiger partial charge in [-0.25, -0.2) is 0 Å². The Morgan fingerprint density at radius 1 is 1.19 bits per heavy atom. The number of rotatable bonds is 0. The topological polar surface area (TPSA) is 49.7 Å². The van der Waals surface area contributed by atoms with E-state index in [1.807, 2.05) is 19.9 Å². The molecule has 0 radical (unpaired) electrons. The predicted octanol–water partition coefficient (Wildman–Crippen LogP) is 1.39. The summed E-state index contributed by atoms with van der Waals surface area (Å²) in [5, 5.41) is 20.9. The summed E-state index contributed by atoms with van der Waals surface area (Å²) in [4.78, 5) is 0. The lowest BCUT2D eigenvalue weighted by atomic mass is 9.62. The van der Waals surface area contributed by atoms with Crippen molar-refractivity contribution in [3.05, 3.63) is 12.2 Å². The van der Waals surface area contributed by atoms with Crippen LogP contribution in [0.4, 0.5) is 0 Å². The largest absolute Gasteiger partial charge is 0.393 e. The van der Waals surface area contributed by atoms with Gasteiger partial charge in [-0.1, -0.05) is 12.2 Å². The highest BCUT2D eigenvalue weighted by Crippen LogP contribution is 2.58. The summed E-state index contributed by atoms with van der Waals surface area (Å²) in [7, 11) is 0. The highest BCUT2D eigenvalue weighted by atomic mass is 16.5. The van der Waals surface area contributed by atoms with E-state index in [1.54, 1.807) is 0 Å². The quantitative estimate of drug-likeness (QED) is 0.611. The first-order chi connectivity index (χ1) is 7.39. The van der Waals surface area contributed by atoms with E-state index in [-0.39, 0.29) is 11.5 Å². The monoisotopic (exact) mass is 224 g/mol. The van der Waals surface area contributed by atoms with Crippen molar-refractivity contribution >= 4 is 0 Å². The lowest BCUT2D eigenvalue weighted by molar-refractivity contribution is -0.199. The molecule has 3 nitrogen and oxygen atoms in total. The molecule has 1 saturated carbocycles. The maximum atomic E-state index is 10.7. The highest BCUT2D eigenvalue weighted by molar-refractivity contribution is 5.22. The van der Waals surface area contributed by atoms with E-state index in [9.17, 15) is 10.2 Å². The zero-order chi connectivity index (χ0) is 11.6. The summed E-state index contributed by atoms with van der Waals surface area (Å²) in [6, 6.07) is 0. The molecule has 2 fully saturated rings. The molecule has 1 spiro atoms. The molecule has 0 aromatic heterocycles. The molecule has 90 valence electrons. The van der Waals surface area contributed by atoms with Crippen LogP contribution in [0.1, 0.15) is 39.5 Å². The SMILES string of the molecule is CC1(C)O[C@@]23CC=CC[C@@]2(O)C[C@H](O)[C@@H]1C3. The molecule has 3 aliphatic rings. The van der Waals surface area contributed by atoms with Crippen LogP contribution in [0.3, 0.4) is 0 Å². The molecule has 2 bridgehead atoms. The molecule has 1 heterocycles. The molecular weight excluding hydrogens is 204 g/mol. The van der Waals surface area contributed by atoms with E-state index in [4.69, 9.17) is 4.74 Å². The summed E-state index contributed by atoms with van der Waals surface area (Å²) in [6.07, 6.45) is 6.27. The molecule has 0 amide bonds. The number of hydrogen-bond donors (Lipinski definition) is 2. The second-order valence-corrected chi connectivity index (χ2v) is 6.19. The fourth-order valence-corrected chi connectivity index (χ4v) is 3.92. The molecule has 1 saturated heterocycles. The van der Waals surface area contributed by atoms with Crippen LogP contribution in [0, 0.1) is 5.92 Å². The summed E-state index contributed by atoms with van der Waals surface area (Å²) < 4.78 is 6.18. The van der Waals surface area contributed by atoms with Crippen molar-refractivity contribution < 1.29 is 14.9 Å². The summed E-state index contributed by atoms with van der Waals surface area (Å²) in [5.74, 6) is 0.152. The van der Waals surface area contributed by atoms with E-state index >= 15 is 0 Å². The number of ether oxygens (including phenoxy) is 1. The van der Waals surface area contributed by atoms with Crippen LogP contribution in [-0.4, -0.2) is 33.1 Å². The molecule has 0 unspecified atom stereocenters. The Morgan fingerprint density at radius 2 is 1.88 bits per heavy atom. The Balaban J connectivity index is 2.07. The third-order valence-corrected chi connectivity index (χ3v) is 4.83. The molecule has 16 heavy (non-hydrogen) atoms. The van der Waals surface area contributed by atoms with Crippen LogP contribution in [0.15, 0.2) is 12.2 Å². The Hall–Kier alpha value is -0.380. The molecular formula is C13H20O3. The molecule has 4 atom stereocenters. The molecule has 3 heteroatoms. The molecule has 0 aromatic carbocycles. The normalized spacial score (nSPS) is 53.8. The van der Waals surface area contributed by atoms with Crippen LogP contribution in [-0.2, 0) is 4.74 Å². The van der Waals surface area contributed by atoms with Crippen LogP contribution in [0.5, 0.6) is 0 Å². The minimum Gasteiger partial charge on any atom is -0.393 e. The number of aliphatic hydroxyl groups is 2. The van der Waals surface area contributed by atoms with Crippen molar-refractivity contribution in [1.82, 2.24) is 0 Å². The highest BCUT2D eigenvalue weighted by Gasteiger charge is 2.66. The molecule has 2 aliphatic carbocycles. The zero-order valence-corrected chi connectivity index (χ0v) is 9.94. The van der Waals surface area contributed by atoms with Gasteiger partial charge in [0.05, 0.1) is 17.3 Å². The third kappa shape index (κ3) is 1.14. The standard InChI is InChI=1S/C13H20O3/c1-11(2)9-7-13(16-11)6-4-3-5-12(13,15)8-10(9)14/h3-4,9-10,14-15H,5-8H2,1-2H3/t9-,10-,12+,13+/m0/s1. The molecule has 0 aromatic rings. The van der Waals surface area contributed by atoms with E-state index < -0.39 is 17.3 Å². The van der Waals surface area contributed by atoms with Crippen LogP contribution in [0.2, 0.25) is 0 Å². The number of aliphatic hydroxyl groups excluding tert-OH is 1. The van der Waals surface area contributed by atoms with Crippen molar-refractivity contribution in [2.24, 2.45) is 5.92 Å². The first-order valence-corrected chi connectivity index (χ1v) is 6.14. The van der Waals surface area contributed by atoms with Gasteiger partial charge in [-0.15, -0.1) is 0 Å². The maximum Gasteiger partial charge on any atom is 0.102 e. The van der Waals surface area contributed by atoms with Gasteiger partial charge in [-0.3, -0.25) is 0 Å². The van der Waals surface area contributed by atoms with Crippen molar-refractivity contribution in [1.29, 1.82) is 0 Å². The minimum absolute atomic E-state index is 0.152. The summed E-state index contributed by atoms with van der Waals surface area (Å²) in [6.45, 7) is 4.05. The van der Waals surface area contributed by atoms with Gasteiger partial charge in [0.25, 0.3) is 0 Å². The van der Waals surface area contributed by atoms with E-state index in [1.165, 1.54) is 0 Å². The van der Waals surface area contributed by atoms with Gasteiger partial charge in [0.15, 0.2) is 0 Å². The Labute approximate surface area is 96.1 Å². The third-order valence-electron chi connectivity index (χ3n) is 4.83. The average Bonchev–Trinajstić information content (AvgIpc) is 2.41. The minimum atomic E-state index is -0.870. The van der Waals surface area contributed by atoms with Crippen LogP contribution < -0.4 is 0 Å². The van der Waals surface area contributed by atoms with Crippen LogP contribution in [0.25, 0.3) is 0 Å². The van der Waals surface area contributed by atoms with Gasteiger partial charge in [0.2, 0.25) is 0 Å². The van der Waals surface area contributed by atoms with Gasteiger partial charge >= 0.3 is 0 Å². The molecule has 1 aliphatic heterocycles. The first kappa shape index (κ1) is 10.8. The summed E-state index contributed by atoms with van der Waals surface area (Å²) in [5.41, 5.74) is -1.64. The smallest absolute Gasteiger partial charge is 0.102 e. The molecule has 2 N–H and O–H groups in total. The van der Waals surface area contributed by atoms with Crippen molar-refractivity contribution in [2.75, 3.05) is 0 Å². The van der Waals surface area contributed by atoms with Crippen LogP contribution >= 0.6 is 0 Å². The van der Waals surface area contributed by atoms with Gasteiger partial charge in [-0.05, 0) is 33.1 Å². The van der Waals surface area contributed by atoms with E-state index in [0.717, 1.165) is 12.8 Å². The van der Waals surface area contributed by atoms with Gasteiger partial charge in [0.1, 0.15) is 5.60 Å². The van der Waals surface area contributed by atoms with Crippen molar-refractivity contribution in [3.8, 4) is 0 Å². The average molecular weight is 224 g/mol. The van der Waals surface area contributed by atoms with E-state index in [2.05, 4.69) is 6.08 Å². The summed E-state index contributed by atoms with van der Waals surface area (Å²) >= 11 is 0. The number of fused-ring (bicyclic) bond motifs is 1. The zero-order valence-electron chi connectivity index (χ0n) is 9.94. The van der Waals surface area contributed by atoms with Crippen molar-refractivity contribution in [2.45, 2.75) is 62.4 Å². The Kier molecular flexibility index (Phi) is 1.94. The Bertz CT molecular complexity index is 349. The second-order valence-electron chi connectivity index (χ2n) is 6.19.